The third kappa shape index (κ3) is 3.60. The van der Waals surface area contributed by atoms with Crippen LogP contribution in [0.1, 0.15) is 33.1 Å². The molecule has 1 aromatic heterocycles. The van der Waals surface area contributed by atoms with Gasteiger partial charge in [0.15, 0.2) is 0 Å². The zero-order chi connectivity index (χ0) is 12.8. The second-order valence-electron chi connectivity index (χ2n) is 4.72. The summed E-state index contributed by atoms with van der Waals surface area (Å²) in [6, 6.07) is 6.57. The molecule has 1 aliphatic rings. The molecule has 2 rings (SSSR count). The average Bonchev–Trinajstić information content (AvgIpc) is 2.34. The van der Waals surface area contributed by atoms with E-state index in [0.717, 1.165) is 44.0 Å². The Balaban J connectivity index is 1.79. The molecule has 1 saturated carbocycles. The first-order chi connectivity index (χ1) is 8.81. The van der Waals surface area contributed by atoms with Gasteiger partial charge in [-0.15, -0.1) is 0 Å². The Labute approximate surface area is 109 Å². The Morgan fingerprint density at radius 1 is 1.28 bits per heavy atom. The molecule has 0 atom stereocenters. The third-order valence-electron chi connectivity index (χ3n) is 3.15. The maximum Gasteiger partial charge on any atom is 0.128 e. The molecular formula is C14H23N3O. The van der Waals surface area contributed by atoms with Crippen LogP contribution in [0.3, 0.4) is 0 Å². The maximum absolute atomic E-state index is 5.55. The van der Waals surface area contributed by atoms with E-state index in [0.29, 0.717) is 12.1 Å². The van der Waals surface area contributed by atoms with Gasteiger partial charge in [0.05, 0.1) is 6.10 Å². The van der Waals surface area contributed by atoms with Crippen molar-refractivity contribution in [3.63, 3.8) is 0 Å². The zero-order valence-electron chi connectivity index (χ0n) is 11.3. The lowest BCUT2D eigenvalue weighted by Crippen LogP contribution is -2.41. The summed E-state index contributed by atoms with van der Waals surface area (Å²) in [5.41, 5.74) is 0. The van der Waals surface area contributed by atoms with E-state index >= 15 is 0 Å². The first-order valence-electron chi connectivity index (χ1n) is 6.91. The molecular weight excluding hydrogens is 226 g/mol. The number of pyridine rings is 1. The zero-order valence-corrected chi connectivity index (χ0v) is 11.3. The van der Waals surface area contributed by atoms with E-state index in [1.165, 1.54) is 0 Å². The van der Waals surface area contributed by atoms with Gasteiger partial charge in [-0.2, -0.15) is 0 Å². The standard InChI is InChI=1S/C14H23N3O/c1-3-8-15-13-6-5-7-14(17-13)16-11-9-12(10-11)18-4-2/h5-7,11-12H,3-4,8-10H2,1-2H3,(H2,15,16,17). The van der Waals surface area contributed by atoms with Gasteiger partial charge in [0.2, 0.25) is 0 Å². The van der Waals surface area contributed by atoms with Crippen LogP contribution in [0, 0.1) is 0 Å². The van der Waals surface area contributed by atoms with Crippen molar-refractivity contribution < 1.29 is 4.74 Å². The number of nitrogens with one attached hydrogen (secondary N) is 2. The normalized spacial score (nSPS) is 22.3. The Kier molecular flexibility index (Phi) is 4.81. The Hall–Kier alpha value is -1.29. The van der Waals surface area contributed by atoms with Crippen LogP contribution in [0.15, 0.2) is 18.2 Å². The summed E-state index contributed by atoms with van der Waals surface area (Å²) < 4.78 is 5.55. The van der Waals surface area contributed by atoms with Gasteiger partial charge < -0.3 is 15.4 Å². The molecule has 0 radical (unpaired) electrons. The SMILES string of the molecule is CCCNc1cccc(NC2CC(OCC)C2)n1. The molecule has 0 saturated heterocycles. The van der Waals surface area contributed by atoms with Crippen LogP contribution in [0.5, 0.6) is 0 Å². The van der Waals surface area contributed by atoms with Crippen LogP contribution in [0.2, 0.25) is 0 Å². The van der Waals surface area contributed by atoms with Crippen LogP contribution < -0.4 is 10.6 Å². The lowest BCUT2D eigenvalue weighted by Gasteiger charge is -2.35. The van der Waals surface area contributed by atoms with Crippen molar-refractivity contribution >= 4 is 11.6 Å². The predicted molar refractivity (Wildman–Crippen MR) is 75.1 cm³/mol. The molecule has 0 bridgehead atoms. The molecule has 100 valence electrons. The molecule has 4 heteroatoms. The quantitative estimate of drug-likeness (QED) is 0.780. The smallest absolute Gasteiger partial charge is 0.128 e. The van der Waals surface area contributed by atoms with E-state index in [9.17, 15) is 0 Å². The van der Waals surface area contributed by atoms with Crippen LogP contribution >= 0.6 is 0 Å². The Morgan fingerprint density at radius 2 is 2.06 bits per heavy atom. The van der Waals surface area contributed by atoms with Crippen molar-refractivity contribution in [3.05, 3.63) is 18.2 Å². The number of ether oxygens (including phenoxy) is 1. The van der Waals surface area contributed by atoms with Crippen molar-refractivity contribution in [1.82, 2.24) is 4.98 Å². The molecule has 2 N–H and O–H groups in total. The van der Waals surface area contributed by atoms with E-state index in [2.05, 4.69) is 22.5 Å². The van der Waals surface area contributed by atoms with Crippen molar-refractivity contribution in [2.24, 2.45) is 0 Å². The minimum Gasteiger partial charge on any atom is -0.378 e. The van der Waals surface area contributed by atoms with Crippen LogP contribution in [-0.4, -0.2) is 30.3 Å². The van der Waals surface area contributed by atoms with Crippen LogP contribution in [0.4, 0.5) is 11.6 Å². The molecule has 1 heterocycles. The molecule has 4 nitrogen and oxygen atoms in total. The minimum absolute atomic E-state index is 0.439. The fourth-order valence-electron chi connectivity index (χ4n) is 2.13. The summed E-state index contributed by atoms with van der Waals surface area (Å²) in [5.74, 6) is 1.90. The summed E-state index contributed by atoms with van der Waals surface area (Å²) in [5, 5.41) is 6.75. The molecule has 0 unspecified atom stereocenters. The van der Waals surface area contributed by atoms with Crippen LogP contribution in [-0.2, 0) is 4.74 Å². The fraction of sp³-hybridized carbons (Fsp3) is 0.643. The van der Waals surface area contributed by atoms with Crippen LogP contribution in [0.25, 0.3) is 0 Å². The second kappa shape index (κ2) is 6.59. The Morgan fingerprint density at radius 3 is 2.78 bits per heavy atom. The summed E-state index contributed by atoms with van der Waals surface area (Å²) >= 11 is 0. The number of hydrogen-bond donors (Lipinski definition) is 2. The summed E-state index contributed by atoms with van der Waals surface area (Å²) in [7, 11) is 0. The van der Waals surface area contributed by atoms with E-state index in [1.54, 1.807) is 0 Å². The molecule has 0 aliphatic heterocycles. The van der Waals surface area contributed by atoms with Gasteiger partial charge in [0, 0.05) is 19.2 Å². The number of hydrogen-bond acceptors (Lipinski definition) is 4. The van der Waals surface area contributed by atoms with Crippen molar-refractivity contribution in [1.29, 1.82) is 0 Å². The third-order valence-corrected chi connectivity index (χ3v) is 3.15. The summed E-state index contributed by atoms with van der Waals surface area (Å²) in [4.78, 5) is 4.54. The molecule has 18 heavy (non-hydrogen) atoms. The number of anilines is 2. The lowest BCUT2D eigenvalue weighted by molar-refractivity contribution is 0.00293. The molecule has 0 amide bonds. The van der Waals surface area contributed by atoms with Crippen molar-refractivity contribution in [2.75, 3.05) is 23.8 Å². The largest absolute Gasteiger partial charge is 0.378 e. The molecule has 1 aliphatic carbocycles. The van der Waals surface area contributed by atoms with Crippen molar-refractivity contribution in [2.45, 2.75) is 45.3 Å². The topological polar surface area (TPSA) is 46.2 Å². The van der Waals surface area contributed by atoms with E-state index < -0.39 is 0 Å². The highest BCUT2D eigenvalue weighted by Crippen LogP contribution is 2.26. The van der Waals surface area contributed by atoms with E-state index in [-0.39, 0.29) is 0 Å². The van der Waals surface area contributed by atoms with Gasteiger partial charge >= 0.3 is 0 Å². The second-order valence-corrected chi connectivity index (χ2v) is 4.72. The molecule has 0 spiro atoms. The Bertz CT molecular complexity index is 364. The maximum atomic E-state index is 5.55. The van der Waals surface area contributed by atoms with E-state index in [1.807, 2.05) is 25.1 Å². The monoisotopic (exact) mass is 249 g/mol. The number of nitrogens with zero attached hydrogens (tertiary/aromatic N) is 1. The van der Waals surface area contributed by atoms with Gasteiger partial charge in [-0.1, -0.05) is 13.0 Å². The highest BCUT2D eigenvalue weighted by atomic mass is 16.5. The van der Waals surface area contributed by atoms with Gasteiger partial charge in [-0.3, -0.25) is 0 Å². The lowest BCUT2D eigenvalue weighted by atomic mass is 9.89. The summed E-state index contributed by atoms with van der Waals surface area (Å²) in [6.45, 7) is 5.97. The van der Waals surface area contributed by atoms with Gasteiger partial charge in [-0.05, 0) is 38.3 Å². The number of rotatable bonds is 7. The first-order valence-corrected chi connectivity index (χ1v) is 6.91. The molecule has 1 aromatic rings. The van der Waals surface area contributed by atoms with E-state index in [4.69, 9.17) is 4.74 Å². The fourth-order valence-corrected chi connectivity index (χ4v) is 2.13. The summed E-state index contributed by atoms with van der Waals surface area (Å²) in [6.07, 6.45) is 3.72. The average molecular weight is 249 g/mol. The van der Waals surface area contributed by atoms with Gasteiger partial charge in [-0.25, -0.2) is 4.98 Å². The predicted octanol–water partition coefficient (Wildman–Crippen LogP) is 2.88. The molecule has 0 aromatic carbocycles. The molecule has 1 fully saturated rings. The first kappa shape index (κ1) is 13.1. The van der Waals surface area contributed by atoms with Gasteiger partial charge in [0.25, 0.3) is 0 Å². The highest BCUT2D eigenvalue weighted by Gasteiger charge is 2.29. The number of aromatic nitrogens is 1. The minimum atomic E-state index is 0.439. The van der Waals surface area contributed by atoms with Crippen molar-refractivity contribution in [3.8, 4) is 0 Å². The highest BCUT2D eigenvalue weighted by molar-refractivity contribution is 5.45. The van der Waals surface area contributed by atoms with Gasteiger partial charge in [0.1, 0.15) is 11.6 Å².